The van der Waals surface area contributed by atoms with E-state index in [-0.39, 0.29) is 27.4 Å². The van der Waals surface area contributed by atoms with E-state index in [0.29, 0.717) is 0 Å². The highest BCUT2D eigenvalue weighted by atomic mass is 32.2. The maximum absolute atomic E-state index is 11.7. The summed E-state index contributed by atoms with van der Waals surface area (Å²) in [6.45, 7) is 0. The summed E-state index contributed by atoms with van der Waals surface area (Å²) in [7, 11) is -3.97. The zero-order chi connectivity index (χ0) is 18.2. The van der Waals surface area contributed by atoms with Crippen LogP contribution in [0.15, 0.2) is 46.6 Å². The number of nitrogens with one attached hydrogen (secondary N) is 1. The average molecular weight is 363 g/mol. The predicted octanol–water partition coefficient (Wildman–Crippen LogP) is 0.666. The van der Waals surface area contributed by atoms with Crippen molar-refractivity contribution in [1.82, 2.24) is 15.0 Å². The van der Waals surface area contributed by atoms with Gasteiger partial charge in [-0.2, -0.15) is 0 Å². The molecule has 3 N–H and O–H groups in total. The van der Waals surface area contributed by atoms with E-state index in [2.05, 4.69) is 15.0 Å². The molecule has 2 aromatic heterocycles. The van der Waals surface area contributed by atoms with Crippen molar-refractivity contribution in [2.75, 3.05) is 0 Å². The van der Waals surface area contributed by atoms with Gasteiger partial charge in [0.25, 0.3) is 15.6 Å². The van der Waals surface area contributed by atoms with Gasteiger partial charge in [0.15, 0.2) is 5.03 Å². The lowest BCUT2D eigenvalue weighted by atomic mass is 10.2. The summed E-state index contributed by atoms with van der Waals surface area (Å²) in [5, 5.41) is 15.8. The van der Waals surface area contributed by atoms with Gasteiger partial charge in [-0.05, 0) is 12.1 Å². The van der Waals surface area contributed by atoms with Gasteiger partial charge in [-0.1, -0.05) is 0 Å². The Hall–Kier alpha value is -3.38. The van der Waals surface area contributed by atoms with Gasteiger partial charge in [0.2, 0.25) is 5.75 Å². The molecule has 0 amide bonds. The number of primary sulfonamides is 1. The van der Waals surface area contributed by atoms with Crippen molar-refractivity contribution in [3.63, 3.8) is 0 Å². The zero-order valence-electron chi connectivity index (χ0n) is 12.2. The molecule has 0 radical (unpaired) electrons. The number of nitrogens with zero attached hydrogens (tertiary/aromatic N) is 3. The number of ether oxygens (including phenoxy) is 1. The number of H-pyrrole nitrogens is 1. The number of aromatic amines is 1. The van der Waals surface area contributed by atoms with Crippen LogP contribution >= 0.6 is 0 Å². The minimum Gasteiger partial charge on any atom is -0.448 e. The summed E-state index contributed by atoms with van der Waals surface area (Å²) in [5.74, 6) is -0.138. The van der Waals surface area contributed by atoms with Crippen LogP contribution in [0.5, 0.6) is 11.5 Å². The number of nitrogens with two attached hydrogens (primary N) is 1. The fraction of sp³-hybridized carbons (Fsp3) is 0. The van der Waals surface area contributed by atoms with Crippen LogP contribution in [0.4, 0.5) is 5.69 Å². The maximum Gasteiger partial charge on any atom is 0.312 e. The molecule has 12 heteroatoms. The Balaban J connectivity index is 2.07. The van der Waals surface area contributed by atoms with E-state index < -0.39 is 26.2 Å². The molecule has 0 saturated carbocycles. The van der Waals surface area contributed by atoms with E-state index in [4.69, 9.17) is 9.88 Å². The van der Waals surface area contributed by atoms with Gasteiger partial charge in [-0.3, -0.25) is 14.9 Å². The number of hydrogen-bond acceptors (Lipinski definition) is 8. The fourth-order valence-corrected chi connectivity index (χ4v) is 2.49. The first-order valence-corrected chi connectivity index (χ1v) is 8.13. The molecule has 0 aliphatic carbocycles. The predicted molar refractivity (Wildman–Crippen MR) is 84.7 cm³/mol. The molecular formula is C13H9N5O6S. The summed E-state index contributed by atoms with van der Waals surface area (Å²) in [5.41, 5.74) is -0.793. The van der Waals surface area contributed by atoms with Crippen LogP contribution in [0.3, 0.4) is 0 Å². The molecule has 0 aliphatic heterocycles. The SMILES string of the molecule is NS(=O)(=O)c1ccc(Oc2cc3nc[nH]c(=O)c3cc2[N+](=O)[O-])cn1. The normalized spacial score (nSPS) is 11.4. The van der Waals surface area contributed by atoms with Gasteiger partial charge in [0, 0.05) is 12.1 Å². The summed E-state index contributed by atoms with van der Waals surface area (Å²) in [6.07, 6.45) is 2.21. The van der Waals surface area contributed by atoms with E-state index >= 15 is 0 Å². The van der Waals surface area contributed by atoms with E-state index in [1.807, 2.05) is 0 Å². The number of sulfonamides is 1. The largest absolute Gasteiger partial charge is 0.448 e. The number of fused-ring (bicyclic) bond motifs is 1. The third-order valence-corrected chi connectivity index (χ3v) is 3.97. The molecule has 3 rings (SSSR count). The molecule has 1 aromatic carbocycles. The molecule has 128 valence electrons. The van der Waals surface area contributed by atoms with Gasteiger partial charge < -0.3 is 9.72 Å². The lowest BCUT2D eigenvalue weighted by Gasteiger charge is -2.07. The maximum atomic E-state index is 11.7. The second-order valence-electron chi connectivity index (χ2n) is 4.81. The summed E-state index contributed by atoms with van der Waals surface area (Å²) in [4.78, 5) is 32.1. The van der Waals surface area contributed by atoms with Gasteiger partial charge >= 0.3 is 5.69 Å². The van der Waals surface area contributed by atoms with Gasteiger partial charge in [-0.25, -0.2) is 23.5 Å². The van der Waals surface area contributed by atoms with E-state index in [0.717, 1.165) is 24.7 Å². The quantitative estimate of drug-likeness (QED) is 0.502. The Morgan fingerprint density at radius 3 is 2.60 bits per heavy atom. The number of pyridine rings is 1. The Labute approximate surface area is 139 Å². The molecule has 0 fully saturated rings. The van der Waals surface area contributed by atoms with Crippen molar-refractivity contribution in [3.8, 4) is 11.5 Å². The van der Waals surface area contributed by atoms with Crippen LogP contribution < -0.4 is 15.4 Å². The smallest absolute Gasteiger partial charge is 0.312 e. The molecule has 3 aromatic rings. The summed E-state index contributed by atoms with van der Waals surface area (Å²) in [6, 6.07) is 4.62. The molecule has 11 nitrogen and oxygen atoms in total. The van der Waals surface area contributed by atoms with Crippen molar-refractivity contribution in [2.45, 2.75) is 5.03 Å². The monoisotopic (exact) mass is 363 g/mol. The van der Waals surface area contributed by atoms with E-state index in [1.54, 1.807) is 0 Å². The molecule has 0 unspecified atom stereocenters. The topological polar surface area (TPSA) is 171 Å². The number of benzene rings is 1. The highest BCUT2D eigenvalue weighted by Crippen LogP contribution is 2.33. The summed E-state index contributed by atoms with van der Waals surface area (Å²) >= 11 is 0. The first-order valence-electron chi connectivity index (χ1n) is 6.58. The van der Waals surface area contributed by atoms with Gasteiger partial charge in [-0.15, -0.1) is 0 Å². The van der Waals surface area contributed by atoms with Crippen LogP contribution in [0.25, 0.3) is 10.9 Å². The van der Waals surface area contributed by atoms with Crippen LogP contribution in [-0.2, 0) is 10.0 Å². The van der Waals surface area contributed by atoms with E-state index in [9.17, 15) is 23.3 Å². The lowest BCUT2D eigenvalue weighted by molar-refractivity contribution is -0.385. The highest BCUT2D eigenvalue weighted by Gasteiger charge is 2.19. The van der Waals surface area contributed by atoms with Crippen LogP contribution in [-0.4, -0.2) is 28.3 Å². The number of rotatable bonds is 4. The molecule has 0 atom stereocenters. The van der Waals surface area contributed by atoms with Crippen LogP contribution in [0.1, 0.15) is 0 Å². The fourth-order valence-electron chi connectivity index (χ4n) is 2.03. The third-order valence-electron chi connectivity index (χ3n) is 3.15. The molecule has 0 bridgehead atoms. The summed E-state index contributed by atoms with van der Waals surface area (Å²) < 4.78 is 27.7. The number of nitro groups is 1. The first kappa shape index (κ1) is 16.5. The minimum absolute atomic E-state index is 0.0317. The second kappa shape index (κ2) is 5.92. The van der Waals surface area contributed by atoms with Crippen LogP contribution in [0, 0.1) is 10.1 Å². The van der Waals surface area contributed by atoms with Crippen LogP contribution in [0.2, 0.25) is 0 Å². The third kappa shape index (κ3) is 3.29. The average Bonchev–Trinajstić information content (AvgIpc) is 2.54. The molecule has 0 aliphatic rings. The Morgan fingerprint density at radius 2 is 2.00 bits per heavy atom. The second-order valence-corrected chi connectivity index (χ2v) is 6.31. The molecule has 0 spiro atoms. The standard InChI is InChI=1S/C13H9N5O6S/c14-25(22,23)12-2-1-7(5-15-12)24-11-4-9-8(3-10(11)18(20)21)13(19)17-6-16-9/h1-6H,(H2,14,22,23)(H,16,17,19). The van der Waals surface area contributed by atoms with E-state index in [1.165, 1.54) is 12.1 Å². The van der Waals surface area contributed by atoms with Crippen molar-refractivity contribution < 1.29 is 18.1 Å². The number of aromatic nitrogens is 3. The Kier molecular flexibility index (Phi) is 3.90. The first-order chi connectivity index (χ1) is 11.8. The Morgan fingerprint density at radius 1 is 1.24 bits per heavy atom. The molecule has 25 heavy (non-hydrogen) atoms. The number of hydrogen-bond donors (Lipinski definition) is 2. The van der Waals surface area contributed by atoms with Crippen molar-refractivity contribution in [2.24, 2.45) is 5.14 Å². The highest BCUT2D eigenvalue weighted by molar-refractivity contribution is 7.89. The van der Waals surface area contributed by atoms with Crippen molar-refractivity contribution in [3.05, 3.63) is 57.3 Å². The zero-order valence-corrected chi connectivity index (χ0v) is 13.1. The van der Waals surface area contributed by atoms with Crippen molar-refractivity contribution >= 4 is 26.6 Å². The lowest BCUT2D eigenvalue weighted by Crippen LogP contribution is -2.13. The molecule has 0 saturated heterocycles. The number of nitro benzene ring substituents is 1. The minimum atomic E-state index is -3.97. The van der Waals surface area contributed by atoms with Gasteiger partial charge in [0.1, 0.15) is 5.75 Å². The van der Waals surface area contributed by atoms with Gasteiger partial charge in [0.05, 0.1) is 28.4 Å². The molecule has 2 heterocycles. The molecular weight excluding hydrogens is 354 g/mol. The Bertz CT molecular complexity index is 1140. The van der Waals surface area contributed by atoms with Crippen molar-refractivity contribution in [1.29, 1.82) is 0 Å².